The van der Waals surface area contributed by atoms with Crippen molar-refractivity contribution < 1.29 is 19.4 Å². The zero-order valence-electron chi connectivity index (χ0n) is 18.2. The average Bonchev–Trinajstić information content (AvgIpc) is 2.86. The molecule has 3 aromatic carbocycles. The molecular weight excluding hydrogens is 430 g/mol. The lowest BCUT2D eigenvalue weighted by molar-refractivity contribution is -0.138. The predicted molar refractivity (Wildman–Crippen MR) is 130 cm³/mol. The summed E-state index contributed by atoms with van der Waals surface area (Å²) in [7, 11) is 0. The second kappa shape index (κ2) is 10.8. The van der Waals surface area contributed by atoms with Gasteiger partial charge in [0.1, 0.15) is 17.7 Å². The van der Waals surface area contributed by atoms with E-state index in [2.05, 4.69) is 15.6 Å². The van der Waals surface area contributed by atoms with Crippen LogP contribution >= 0.6 is 0 Å². The zero-order valence-corrected chi connectivity index (χ0v) is 18.2. The molecule has 0 aliphatic heterocycles. The van der Waals surface area contributed by atoms with E-state index in [1.54, 1.807) is 54.7 Å². The van der Waals surface area contributed by atoms with Crippen LogP contribution in [0.15, 0.2) is 103 Å². The highest BCUT2D eigenvalue weighted by atomic mass is 16.5. The Labute approximate surface area is 197 Å². The minimum Gasteiger partial charge on any atom is -0.483 e. The first-order valence-electron chi connectivity index (χ1n) is 10.7. The van der Waals surface area contributed by atoms with Gasteiger partial charge in [0.25, 0.3) is 5.91 Å². The Hall–Kier alpha value is -4.65. The number of carboxylic acids is 1. The summed E-state index contributed by atoms with van der Waals surface area (Å²) in [6.45, 7) is 0. The first kappa shape index (κ1) is 22.5. The van der Waals surface area contributed by atoms with Crippen molar-refractivity contribution in [1.82, 2.24) is 4.98 Å². The maximum Gasteiger partial charge on any atom is 0.307 e. The zero-order chi connectivity index (χ0) is 23.8. The van der Waals surface area contributed by atoms with Crippen LogP contribution in [0.3, 0.4) is 0 Å². The standard InChI is InChI=1S/C27H23N3O4/c31-26(32)18-24(19-8-2-1-3-9-19)34-23-11-5-4-10-22(23)30-27(33)20-13-15-21(16-14-20)29-25-12-6-7-17-28-25/h1-17,24H,18H2,(H,28,29)(H,30,33)(H,31,32). The SMILES string of the molecule is O=C(O)CC(Oc1ccccc1NC(=O)c1ccc(Nc2ccccn2)cc1)c1ccccc1. The summed E-state index contributed by atoms with van der Waals surface area (Å²) in [6, 6.07) is 28.7. The summed E-state index contributed by atoms with van der Waals surface area (Å²) < 4.78 is 6.05. The van der Waals surface area contributed by atoms with Crippen molar-refractivity contribution in [3.8, 4) is 5.75 Å². The number of anilines is 3. The molecule has 0 saturated heterocycles. The van der Waals surface area contributed by atoms with Gasteiger partial charge in [-0.25, -0.2) is 4.98 Å². The van der Waals surface area contributed by atoms with Crippen LogP contribution < -0.4 is 15.4 Å². The van der Waals surface area contributed by atoms with Crippen molar-refractivity contribution in [1.29, 1.82) is 0 Å². The van der Waals surface area contributed by atoms with E-state index in [9.17, 15) is 14.7 Å². The van der Waals surface area contributed by atoms with Gasteiger partial charge in [0.15, 0.2) is 0 Å². The molecule has 1 atom stereocenters. The summed E-state index contributed by atoms with van der Waals surface area (Å²) in [6.07, 6.45) is 0.785. The third-order valence-corrected chi connectivity index (χ3v) is 5.02. The van der Waals surface area contributed by atoms with Gasteiger partial charge >= 0.3 is 5.97 Å². The number of carbonyl (C=O) groups excluding carboxylic acids is 1. The van der Waals surface area contributed by atoms with Crippen molar-refractivity contribution in [3.05, 3.63) is 114 Å². The van der Waals surface area contributed by atoms with Crippen LogP contribution in [0.25, 0.3) is 0 Å². The van der Waals surface area contributed by atoms with E-state index < -0.39 is 12.1 Å². The molecule has 1 amide bonds. The highest BCUT2D eigenvalue weighted by molar-refractivity contribution is 6.05. The third kappa shape index (κ3) is 5.98. The lowest BCUT2D eigenvalue weighted by Crippen LogP contribution is -2.16. The molecule has 0 aliphatic rings. The Balaban J connectivity index is 1.48. The largest absolute Gasteiger partial charge is 0.483 e. The lowest BCUT2D eigenvalue weighted by atomic mass is 10.1. The first-order chi connectivity index (χ1) is 16.6. The number of carboxylic acid groups (broad SMARTS) is 1. The lowest BCUT2D eigenvalue weighted by Gasteiger charge is -2.20. The maximum absolute atomic E-state index is 12.9. The minimum absolute atomic E-state index is 0.211. The summed E-state index contributed by atoms with van der Waals surface area (Å²) >= 11 is 0. The quantitative estimate of drug-likeness (QED) is 0.302. The minimum atomic E-state index is -0.977. The molecule has 34 heavy (non-hydrogen) atoms. The first-order valence-corrected chi connectivity index (χ1v) is 10.7. The van der Waals surface area contributed by atoms with Crippen LogP contribution in [0.4, 0.5) is 17.2 Å². The Bertz CT molecular complexity index is 1250. The molecule has 170 valence electrons. The number of carbonyl (C=O) groups is 2. The summed E-state index contributed by atoms with van der Waals surface area (Å²) in [5.41, 5.74) is 2.46. The molecular formula is C27H23N3O4. The van der Waals surface area contributed by atoms with Crippen molar-refractivity contribution in [2.75, 3.05) is 10.6 Å². The van der Waals surface area contributed by atoms with Crippen LogP contribution in [0.1, 0.15) is 28.4 Å². The summed E-state index contributed by atoms with van der Waals surface area (Å²) in [5.74, 6) is -0.191. The molecule has 0 bridgehead atoms. The second-order valence-electron chi connectivity index (χ2n) is 7.48. The van der Waals surface area contributed by atoms with Crippen LogP contribution in [-0.2, 0) is 4.79 Å². The van der Waals surface area contributed by atoms with Crippen LogP contribution in [0.2, 0.25) is 0 Å². The number of hydrogen-bond donors (Lipinski definition) is 3. The molecule has 0 aliphatic carbocycles. The number of ether oxygens (including phenoxy) is 1. The number of para-hydroxylation sites is 2. The highest BCUT2D eigenvalue weighted by Gasteiger charge is 2.19. The second-order valence-corrected chi connectivity index (χ2v) is 7.48. The Morgan fingerprint density at radius 3 is 2.26 bits per heavy atom. The van der Waals surface area contributed by atoms with E-state index in [0.717, 1.165) is 11.3 Å². The maximum atomic E-state index is 12.9. The number of amides is 1. The molecule has 0 saturated carbocycles. The highest BCUT2D eigenvalue weighted by Crippen LogP contribution is 2.31. The fourth-order valence-corrected chi connectivity index (χ4v) is 3.36. The van der Waals surface area contributed by atoms with Crippen molar-refractivity contribution in [3.63, 3.8) is 0 Å². The normalized spacial score (nSPS) is 11.3. The van der Waals surface area contributed by atoms with Gasteiger partial charge in [-0.1, -0.05) is 48.5 Å². The number of hydrogen-bond acceptors (Lipinski definition) is 5. The van der Waals surface area contributed by atoms with Crippen molar-refractivity contribution >= 4 is 29.1 Å². The average molecular weight is 453 g/mol. The van der Waals surface area contributed by atoms with Gasteiger partial charge in [-0.2, -0.15) is 0 Å². The fourth-order valence-electron chi connectivity index (χ4n) is 3.36. The molecule has 0 fully saturated rings. The Morgan fingerprint density at radius 2 is 1.56 bits per heavy atom. The van der Waals surface area contributed by atoms with Crippen molar-refractivity contribution in [2.24, 2.45) is 0 Å². The molecule has 7 heteroatoms. The van der Waals surface area contributed by atoms with E-state index in [-0.39, 0.29) is 12.3 Å². The summed E-state index contributed by atoms with van der Waals surface area (Å²) in [4.78, 5) is 28.5. The Morgan fingerprint density at radius 1 is 0.853 bits per heavy atom. The van der Waals surface area contributed by atoms with E-state index in [0.29, 0.717) is 22.8 Å². The number of aromatic nitrogens is 1. The molecule has 4 aromatic rings. The van der Waals surface area contributed by atoms with Gasteiger partial charge < -0.3 is 20.5 Å². The molecule has 1 heterocycles. The number of pyridine rings is 1. The van der Waals surface area contributed by atoms with Crippen LogP contribution in [0.5, 0.6) is 5.75 Å². The van der Waals surface area contributed by atoms with Crippen LogP contribution in [0, 0.1) is 0 Å². The van der Waals surface area contributed by atoms with Crippen LogP contribution in [-0.4, -0.2) is 22.0 Å². The number of benzene rings is 3. The third-order valence-electron chi connectivity index (χ3n) is 5.02. The number of aliphatic carboxylic acids is 1. The monoisotopic (exact) mass is 453 g/mol. The van der Waals surface area contributed by atoms with E-state index in [1.807, 2.05) is 48.5 Å². The molecule has 0 spiro atoms. The number of nitrogens with zero attached hydrogens (tertiary/aromatic N) is 1. The van der Waals surface area contributed by atoms with Gasteiger partial charge in [-0.15, -0.1) is 0 Å². The predicted octanol–water partition coefficient (Wildman–Crippen LogP) is 5.67. The molecule has 3 N–H and O–H groups in total. The van der Waals surface area contributed by atoms with Gasteiger partial charge in [0.2, 0.25) is 0 Å². The van der Waals surface area contributed by atoms with E-state index >= 15 is 0 Å². The number of nitrogens with one attached hydrogen (secondary N) is 2. The smallest absolute Gasteiger partial charge is 0.307 e. The van der Waals surface area contributed by atoms with Gasteiger partial charge in [0, 0.05) is 17.4 Å². The molecule has 1 unspecified atom stereocenters. The summed E-state index contributed by atoms with van der Waals surface area (Å²) in [5, 5.41) is 15.4. The Kier molecular flexibility index (Phi) is 7.15. The fraction of sp³-hybridized carbons (Fsp3) is 0.0741. The number of rotatable bonds is 9. The topological polar surface area (TPSA) is 101 Å². The van der Waals surface area contributed by atoms with E-state index in [1.165, 1.54) is 0 Å². The van der Waals surface area contributed by atoms with Gasteiger partial charge in [-0.3, -0.25) is 9.59 Å². The molecule has 1 aromatic heterocycles. The van der Waals surface area contributed by atoms with Crippen molar-refractivity contribution in [2.45, 2.75) is 12.5 Å². The molecule has 7 nitrogen and oxygen atoms in total. The van der Waals surface area contributed by atoms with Gasteiger partial charge in [0.05, 0.1) is 12.1 Å². The molecule has 4 rings (SSSR count). The van der Waals surface area contributed by atoms with Gasteiger partial charge in [-0.05, 0) is 54.1 Å². The van der Waals surface area contributed by atoms with E-state index in [4.69, 9.17) is 4.74 Å². The molecule has 0 radical (unpaired) electrons.